The second-order valence-corrected chi connectivity index (χ2v) is 5.85. The number of hydrazone groups is 1. The van der Waals surface area contributed by atoms with E-state index in [1.807, 2.05) is 30.5 Å². The molecule has 3 aromatic rings. The second-order valence-electron chi connectivity index (χ2n) is 4.99. The smallest absolute Gasteiger partial charge is 0.343 e. The molecule has 0 spiro atoms. The molecule has 0 aliphatic rings. The van der Waals surface area contributed by atoms with Crippen molar-refractivity contribution >= 4 is 28.7 Å². The largest absolute Gasteiger partial charge is 0.423 e. The summed E-state index contributed by atoms with van der Waals surface area (Å²) >= 11 is 1.49. The lowest BCUT2D eigenvalue weighted by molar-refractivity contribution is 0.0735. The first-order valence-electron chi connectivity index (χ1n) is 7.29. The van der Waals surface area contributed by atoms with Gasteiger partial charge in [0.25, 0.3) is 0 Å². The van der Waals surface area contributed by atoms with E-state index in [0.717, 1.165) is 16.4 Å². The number of aromatic nitrogens is 1. The maximum Gasteiger partial charge on any atom is 0.343 e. The zero-order chi connectivity index (χ0) is 16.8. The van der Waals surface area contributed by atoms with Crippen molar-refractivity contribution in [2.75, 3.05) is 5.43 Å². The summed E-state index contributed by atoms with van der Waals surface area (Å²) < 4.78 is 5.38. The van der Waals surface area contributed by atoms with Gasteiger partial charge in [0.2, 0.25) is 5.13 Å². The van der Waals surface area contributed by atoms with Crippen LogP contribution >= 0.6 is 11.3 Å². The fraction of sp³-hybridized carbons (Fsp3) is 0.0556. The van der Waals surface area contributed by atoms with Gasteiger partial charge in [-0.1, -0.05) is 30.3 Å². The highest BCUT2D eigenvalue weighted by molar-refractivity contribution is 7.13. The van der Waals surface area contributed by atoms with Crippen LogP contribution in [-0.4, -0.2) is 17.2 Å². The first kappa shape index (κ1) is 15.9. The molecule has 1 aromatic heterocycles. The third-order valence-electron chi connectivity index (χ3n) is 3.07. The van der Waals surface area contributed by atoms with Crippen molar-refractivity contribution in [2.45, 2.75) is 6.92 Å². The van der Waals surface area contributed by atoms with Crippen molar-refractivity contribution in [2.24, 2.45) is 5.10 Å². The molecule has 120 valence electrons. The lowest BCUT2D eigenvalue weighted by Gasteiger charge is -2.04. The first-order valence-corrected chi connectivity index (χ1v) is 8.17. The Kier molecular flexibility index (Phi) is 4.98. The summed E-state index contributed by atoms with van der Waals surface area (Å²) in [6.07, 6.45) is 1.65. The molecule has 0 bridgehead atoms. The van der Waals surface area contributed by atoms with Crippen molar-refractivity contribution in [3.63, 3.8) is 0 Å². The number of carbonyl (C=O) groups is 1. The Morgan fingerprint density at radius 2 is 2.04 bits per heavy atom. The summed E-state index contributed by atoms with van der Waals surface area (Å²) in [5.41, 5.74) is 5.15. The maximum absolute atomic E-state index is 12.1. The van der Waals surface area contributed by atoms with Gasteiger partial charge < -0.3 is 4.74 Å². The van der Waals surface area contributed by atoms with E-state index in [4.69, 9.17) is 4.74 Å². The number of carbonyl (C=O) groups excluding carboxylic acids is 1. The molecule has 0 saturated heterocycles. The molecule has 1 heterocycles. The van der Waals surface area contributed by atoms with E-state index in [1.54, 1.807) is 42.6 Å². The summed E-state index contributed by atoms with van der Waals surface area (Å²) in [5.74, 6) is 0.0824. The summed E-state index contributed by atoms with van der Waals surface area (Å²) in [5, 5.41) is 6.81. The normalized spacial score (nSPS) is 10.7. The Morgan fingerprint density at radius 1 is 1.21 bits per heavy atom. The van der Waals surface area contributed by atoms with Crippen LogP contribution in [0.2, 0.25) is 0 Å². The van der Waals surface area contributed by atoms with Crippen LogP contribution in [0.3, 0.4) is 0 Å². The number of anilines is 1. The number of esters is 1. The molecule has 24 heavy (non-hydrogen) atoms. The Balaban J connectivity index is 1.64. The number of ether oxygens (including phenoxy) is 1. The molecular formula is C18H15N3O2S. The Labute approximate surface area is 143 Å². The van der Waals surface area contributed by atoms with Gasteiger partial charge in [-0.3, -0.25) is 5.43 Å². The zero-order valence-corrected chi connectivity index (χ0v) is 13.8. The molecule has 6 heteroatoms. The molecule has 0 radical (unpaired) electrons. The molecule has 0 saturated carbocycles. The fourth-order valence-corrected chi connectivity index (χ4v) is 2.60. The number of benzene rings is 2. The number of hydrogen-bond acceptors (Lipinski definition) is 6. The van der Waals surface area contributed by atoms with Crippen LogP contribution in [0.5, 0.6) is 5.75 Å². The van der Waals surface area contributed by atoms with Crippen LogP contribution in [0, 0.1) is 6.92 Å². The molecule has 0 aliphatic heterocycles. The first-order chi connectivity index (χ1) is 11.7. The van der Waals surface area contributed by atoms with E-state index in [9.17, 15) is 4.79 Å². The van der Waals surface area contributed by atoms with E-state index >= 15 is 0 Å². The van der Waals surface area contributed by atoms with Crippen molar-refractivity contribution in [1.29, 1.82) is 0 Å². The van der Waals surface area contributed by atoms with Crippen LogP contribution in [0.25, 0.3) is 0 Å². The number of aryl methyl sites for hydroxylation is 1. The molecule has 5 nitrogen and oxygen atoms in total. The number of thiazole rings is 1. The van der Waals surface area contributed by atoms with Crippen molar-refractivity contribution in [3.8, 4) is 5.75 Å². The van der Waals surface area contributed by atoms with E-state index in [1.165, 1.54) is 11.3 Å². The number of nitrogens with one attached hydrogen (secondary N) is 1. The molecule has 1 N–H and O–H groups in total. The standard InChI is InChI=1S/C18H15N3O2S/c1-13-12-24-18(20-13)21-19-11-14-6-5-9-16(10-14)23-17(22)15-7-3-2-4-8-15/h2-12H,1H3,(H,20,21). The number of hydrogen-bond donors (Lipinski definition) is 1. The third-order valence-corrected chi connectivity index (χ3v) is 3.94. The van der Waals surface area contributed by atoms with Crippen molar-refractivity contribution < 1.29 is 9.53 Å². The van der Waals surface area contributed by atoms with Gasteiger partial charge in [0.05, 0.1) is 17.5 Å². The minimum atomic E-state index is -0.388. The minimum absolute atomic E-state index is 0.388. The summed E-state index contributed by atoms with van der Waals surface area (Å²) in [6, 6.07) is 16.0. The molecule has 0 aliphatic carbocycles. The molecule has 3 rings (SSSR count). The monoisotopic (exact) mass is 337 g/mol. The highest BCUT2D eigenvalue weighted by Crippen LogP contribution is 2.16. The van der Waals surface area contributed by atoms with Crippen LogP contribution in [0.4, 0.5) is 5.13 Å². The summed E-state index contributed by atoms with van der Waals surface area (Å²) in [4.78, 5) is 16.3. The lowest BCUT2D eigenvalue weighted by Crippen LogP contribution is -2.08. The minimum Gasteiger partial charge on any atom is -0.423 e. The molecule has 0 unspecified atom stereocenters. The van der Waals surface area contributed by atoms with Crippen LogP contribution < -0.4 is 10.2 Å². The van der Waals surface area contributed by atoms with E-state index in [-0.39, 0.29) is 5.97 Å². The van der Waals surface area contributed by atoms with E-state index in [2.05, 4.69) is 15.5 Å². The zero-order valence-electron chi connectivity index (χ0n) is 13.0. The average Bonchev–Trinajstić information content (AvgIpc) is 3.01. The van der Waals surface area contributed by atoms with Gasteiger partial charge in [0, 0.05) is 5.38 Å². The Hall–Kier alpha value is -2.99. The highest BCUT2D eigenvalue weighted by Gasteiger charge is 2.07. The average molecular weight is 337 g/mol. The highest BCUT2D eigenvalue weighted by atomic mass is 32.1. The van der Waals surface area contributed by atoms with Crippen LogP contribution in [-0.2, 0) is 0 Å². The molecule has 0 atom stereocenters. The third kappa shape index (κ3) is 4.27. The Bertz CT molecular complexity index is 859. The molecular weight excluding hydrogens is 322 g/mol. The van der Waals surface area contributed by atoms with Crippen LogP contribution in [0.15, 0.2) is 65.1 Å². The number of rotatable bonds is 5. The van der Waals surface area contributed by atoms with E-state index in [0.29, 0.717) is 11.3 Å². The quantitative estimate of drug-likeness (QED) is 0.329. The SMILES string of the molecule is Cc1csc(NN=Cc2cccc(OC(=O)c3ccccc3)c2)n1. The summed E-state index contributed by atoms with van der Waals surface area (Å²) in [6.45, 7) is 1.93. The topological polar surface area (TPSA) is 63.6 Å². The molecule has 0 amide bonds. The number of nitrogens with zero attached hydrogens (tertiary/aromatic N) is 2. The predicted octanol–water partition coefficient (Wildman–Crippen LogP) is 4.12. The van der Waals surface area contributed by atoms with Gasteiger partial charge in [-0.2, -0.15) is 5.10 Å². The van der Waals surface area contributed by atoms with E-state index < -0.39 is 0 Å². The maximum atomic E-state index is 12.1. The lowest BCUT2D eigenvalue weighted by atomic mass is 10.2. The molecule has 2 aromatic carbocycles. The van der Waals surface area contributed by atoms with Gasteiger partial charge in [0.15, 0.2) is 0 Å². The second kappa shape index (κ2) is 7.52. The van der Waals surface area contributed by atoms with Gasteiger partial charge >= 0.3 is 5.97 Å². The predicted molar refractivity (Wildman–Crippen MR) is 95.9 cm³/mol. The fourth-order valence-electron chi connectivity index (χ4n) is 1.97. The van der Waals surface area contributed by atoms with Gasteiger partial charge in [-0.25, -0.2) is 9.78 Å². The van der Waals surface area contributed by atoms with Crippen molar-refractivity contribution in [3.05, 3.63) is 76.8 Å². The van der Waals surface area contributed by atoms with Crippen molar-refractivity contribution in [1.82, 2.24) is 4.98 Å². The Morgan fingerprint density at radius 3 is 2.79 bits per heavy atom. The van der Waals surface area contributed by atoms with Gasteiger partial charge in [-0.05, 0) is 36.8 Å². The van der Waals surface area contributed by atoms with Gasteiger partial charge in [0.1, 0.15) is 5.75 Å². The van der Waals surface area contributed by atoms with Crippen LogP contribution in [0.1, 0.15) is 21.6 Å². The van der Waals surface area contributed by atoms with Gasteiger partial charge in [-0.15, -0.1) is 11.3 Å². The molecule has 0 fully saturated rings. The summed E-state index contributed by atoms with van der Waals surface area (Å²) in [7, 11) is 0.